The highest BCUT2D eigenvalue weighted by Crippen LogP contribution is 2.30. The van der Waals surface area contributed by atoms with E-state index in [0.29, 0.717) is 42.1 Å². The van der Waals surface area contributed by atoms with Crippen molar-refractivity contribution in [2.75, 3.05) is 25.0 Å². The van der Waals surface area contributed by atoms with Crippen molar-refractivity contribution in [3.8, 4) is 11.8 Å². The number of rotatable bonds is 17. The highest BCUT2D eigenvalue weighted by molar-refractivity contribution is 5.93. The van der Waals surface area contributed by atoms with Crippen molar-refractivity contribution in [3.05, 3.63) is 47.4 Å². The van der Waals surface area contributed by atoms with Crippen molar-refractivity contribution >= 4 is 40.8 Å². The molecule has 0 spiro atoms. The fourth-order valence-corrected chi connectivity index (χ4v) is 7.02. The molecule has 1 fully saturated rings. The average molecular weight is 717 g/mol. The van der Waals surface area contributed by atoms with Gasteiger partial charge in [-0.05, 0) is 73.4 Å². The summed E-state index contributed by atoms with van der Waals surface area (Å²) in [5, 5.41) is 18.5. The number of esters is 1. The third-order valence-electron chi connectivity index (χ3n) is 9.94. The zero-order valence-corrected chi connectivity index (χ0v) is 31.1. The summed E-state index contributed by atoms with van der Waals surface area (Å²) in [6.07, 6.45) is 10.4. The molecule has 1 amide bonds. The highest BCUT2D eigenvalue weighted by atomic mass is 16.6. The van der Waals surface area contributed by atoms with Gasteiger partial charge in [-0.3, -0.25) is 14.4 Å². The smallest absolute Gasteiger partial charge is 0.420 e. The van der Waals surface area contributed by atoms with Crippen LogP contribution >= 0.6 is 0 Å². The Kier molecular flexibility index (Phi) is 14.6. The lowest BCUT2D eigenvalue weighted by molar-refractivity contribution is -0.138. The Morgan fingerprint density at radius 3 is 2.46 bits per heavy atom. The number of aliphatic carboxylic acids is 1. The van der Waals surface area contributed by atoms with Gasteiger partial charge in [0.2, 0.25) is 5.91 Å². The Balaban J connectivity index is 1.27. The van der Waals surface area contributed by atoms with Crippen molar-refractivity contribution < 1.29 is 33.8 Å². The summed E-state index contributed by atoms with van der Waals surface area (Å²) in [6.45, 7) is 8.93. The number of amides is 1. The Morgan fingerprint density at radius 2 is 1.77 bits per heavy atom. The van der Waals surface area contributed by atoms with Crippen LogP contribution in [0.25, 0.3) is 11.0 Å². The second-order valence-electron chi connectivity index (χ2n) is 14.2. The zero-order chi connectivity index (χ0) is 37.8. The predicted molar refractivity (Wildman–Crippen MR) is 196 cm³/mol. The number of nitrogens with zero attached hydrogens (tertiary/aromatic N) is 6. The minimum atomic E-state index is -0.742. The molecule has 3 atom stereocenters. The van der Waals surface area contributed by atoms with Crippen LogP contribution in [-0.4, -0.2) is 74.7 Å². The number of carboxylic acids is 1. The third-order valence-corrected chi connectivity index (χ3v) is 9.94. The Labute approximate surface area is 305 Å². The van der Waals surface area contributed by atoms with Crippen LogP contribution in [-0.2, 0) is 25.7 Å². The molecule has 0 aliphatic carbocycles. The number of carbonyl (C=O) groups is 4. The van der Waals surface area contributed by atoms with E-state index in [-0.39, 0.29) is 49.2 Å². The SMILES string of the molecule is Cc1cc(COC(=O)n2ccc3c(N(C)[C@H]4CN(C(=O)CC#N)CC[C@H]4C)ncnc32)cc(C)c1OC(=O)CCCCCCCCC(C)CC(=O)O. The second kappa shape index (κ2) is 19.0. The lowest BCUT2D eigenvalue weighted by Gasteiger charge is -2.42. The number of unbranched alkanes of at least 4 members (excludes halogenated alkanes) is 5. The molecule has 1 aliphatic heterocycles. The number of anilines is 1. The van der Waals surface area contributed by atoms with E-state index in [2.05, 4.69) is 16.9 Å². The van der Waals surface area contributed by atoms with E-state index in [9.17, 15) is 19.2 Å². The van der Waals surface area contributed by atoms with Crippen LogP contribution in [0.4, 0.5) is 10.6 Å². The summed E-state index contributed by atoms with van der Waals surface area (Å²) in [7, 11) is 1.92. The third kappa shape index (κ3) is 10.8. The maximum atomic E-state index is 13.3. The molecule has 3 aromatic rings. The number of ether oxygens (including phenoxy) is 2. The van der Waals surface area contributed by atoms with Crippen molar-refractivity contribution in [1.29, 1.82) is 5.26 Å². The molecule has 13 heteroatoms. The maximum absolute atomic E-state index is 13.3. The Bertz CT molecular complexity index is 1740. The van der Waals surface area contributed by atoms with Gasteiger partial charge >= 0.3 is 18.0 Å². The van der Waals surface area contributed by atoms with E-state index in [1.54, 1.807) is 17.2 Å². The van der Waals surface area contributed by atoms with E-state index in [0.717, 1.165) is 68.1 Å². The molecule has 0 saturated carbocycles. The first-order valence-corrected chi connectivity index (χ1v) is 18.3. The quantitative estimate of drug-likeness (QED) is 0.0871. The normalized spacial score (nSPS) is 16.3. The monoisotopic (exact) mass is 716 g/mol. The molecular formula is C39H52N6O7. The molecule has 280 valence electrons. The van der Waals surface area contributed by atoms with Crippen LogP contribution < -0.4 is 9.64 Å². The summed E-state index contributed by atoms with van der Waals surface area (Å²) in [5.74, 6) is 0.435. The lowest BCUT2D eigenvalue weighted by atomic mass is 9.92. The predicted octanol–water partition coefficient (Wildman–Crippen LogP) is 6.96. The maximum Gasteiger partial charge on any atom is 0.420 e. The number of carboxylic acid groups (broad SMARTS) is 1. The molecule has 13 nitrogen and oxygen atoms in total. The fourth-order valence-electron chi connectivity index (χ4n) is 7.02. The number of hydrogen-bond acceptors (Lipinski definition) is 10. The number of nitriles is 1. The topological polar surface area (TPSA) is 168 Å². The summed E-state index contributed by atoms with van der Waals surface area (Å²) in [5.41, 5.74) is 2.70. The number of hydrogen-bond donors (Lipinski definition) is 1. The van der Waals surface area contributed by atoms with Crippen LogP contribution in [0, 0.1) is 37.0 Å². The van der Waals surface area contributed by atoms with Crippen LogP contribution in [0.5, 0.6) is 5.75 Å². The first-order valence-electron chi connectivity index (χ1n) is 18.3. The molecular weight excluding hydrogens is 664 g/mol. The number of aromatic nitrogens is 3. The van der Waals surface area contributed by atoms with E-state index in [4.69, 9.17) is 19.8 Å². The molecule has 0 bridgehead atoms. The molecule has 4 rings (SSSR count). The molecule has 1 unspecified atom stereocenters. The van der Waals surface area contributed by atoms with Crippen LogP contribution in [0.3, 0.4) is 0 Å². The number of likely N-dealkylation sites (N-methyl/N-ethyl adjacent to an activating group) is 1. The molecule has 52 heavy (non-hydrogen) atoms. The van der Waals surface area contributed by atoms with E-state index in [1.807, 2.05) is 50.9 Å². The molecule has 1 aromatic carbocycles. The Morgan fingerprint density at radius 1 is 1.08 bits per heavy atom. The molecule has 1 saturated heterocycles. The largest absolute Gasteiger partial charge is 0.481 e. The van der Waals surface area contributed by atoms with Gasteiger partial charge in [0.05, 0.1) is 17.5 Å². The van der Waals surface area contributed by atoms with Crippen LogP contribution in [0.1, 0.15) is 101 Å². The summed E-state index contributed by atoms with van der Waals surface area (Å²) in [4.78, 5) is 61.7. The van der Waals surface area contributed by atoms with E-state index in [1.165, 1.54) is 10.9 Å². The first-order chi connectivity index (χ1) is 24.9. The van der Waals surface area contributed by atoms with Crippen molar-refractivity contribution in [1.82, 2.24) is 19.4 Å². The van der Waals surface area contributed by atoms with Gasteiger partial charge in [-0.25, -0.2) is 19.3 Å². The second-order valence-corrected chi connectivity index (χ2v) is 14.2. The minimum absolute atomic E-state index is 0.0108. The van der Waals surface area contributed by atoms with Gasteiger partial charge in [0.25, 0.3) is 0 Å². The van der Waals surface area contributed by atoms with E-state index < -0.39 is 12.1 Å². The number of carbonyl (C=O) groups excluding carboxylic acids is 3. The lowest BCUT2D eigenvalue weighted by Crippen LogP contribution is -2.52. The van der Waals surface area contributed by atoms with E-state index >= 15 is 0 Å². The van der Waals surface area contributed by atoms with Gasteiger partial charge in [0.15, 0.2) is 5.65 Å². The number of likely N-dealkylation sites (tertiary alicyclic amines) is 1. The Hall–Kier alpha value is -4.99. The standard InChI is InChI=1S/C39H52N6O7/c1-26(20-34(47)48)12-10-8-6-7-9-11-13-35(49)52-36-28(3)21-30(22-29(36)4)24-51-39(50)45-19-16-31-37(41-25-42-38(31)45)43(5)32-23-44(18-15-27(32)2)33(46)14-17-40/h16,19,21-22,25-27,32H,6-15,18,20,23-24H2,1-5H3,(H,47,48)/t26?,27-,32+/m1/s1. The summed E-state index contributed by atoms with van der Waals surface area (Å²) < 4.78 is 12.8. The number of piperidine rings is 1. The molecule has 3 heterocycles. The summed E-state index contributed by atoms with van der Waals surface area (Å²) >= 11 is 0. The van der Waals surface area contributed by atoms with Gasteiger partial charge in [-0.1, -0.05) is 52.4 Å². The molecule has 1 N–H and O–H groups in total. The van der Waals surface area contributed by atoms with Crippen LogP contribution in [0.2, 0.25) is 0 Å². The molecule has 2 aromatic heterocycles. The van der Waals surface area contributed by atoms with Gasteiger partial charge < -0.3 is 24.4 Å². The highest BCUT2D eigenvalue weighted by Gasteiger charge is 2.33. The number of benzene rings is 1. The molecule has 1 aliphatic rings. The van der Waals surface area contributed by atoms with Gasteiger partial charge in [-0.2, -0.15) is 5.26 Å². The first kappa shape index (κ1) is 39.8. The zero-order valence-electron chi connectivity index (χ0n) is 31.1. The van der Waals surface area contributed by atoms with Gasteiger partial charge in [0.1, 0.15) is 30.9 Å². The summed E-state index contributed by atoms with van der Waals surface area (Å²) in [6, 6.07) is 7.38. The number of aryl methyl sites for hydroxylation is 2. The van der Waals surface area contributed by atoms with Crippen molar-refractivity contribution in [2.24, 2.45) is 11.8 Å². The fraction of sp³-hybridized carbons (Fsp3) is 0.564. The molecule has 0 radical (unpaired) electrons. The van der Waals surface area contributed by atoms with Crippen molar-refractivity contribution in [3.63, 3.8) is 0 Å². The van der Waals surface area contributed by atoms with Gasteiger partial charge in [0, 0.05) is 39.2 Å². The minimum Gasteiger partial charge on any atom is -0.481 e. The number of fused-ring (bicyclic) bond motifs is 1. The van der Waals surface area contributed by atoms with Crippen molar-refractivity contribution in [2.45, 2.75) is 111 Å². The average Bonchev–Trinajstić information content (AvgIpc) is 3.54. The van der Waals surface area contributed by atoms with Gasteiger partial charge in [-0.15, -0.1) is 0 Å². The van der Waals surface area contributed by atoms with Crippen LogP contribution in [0.15, 0.2) is 30.7 Å².